The molecule has 5 heteroatoms. The molecule has 0 aliphatic rings. The average Bonchev–Trinajstić information content (AvgIpc) is 3.15. The summed E-state index contributed by atoms with van der Waals surface area (Å²) >= 11 is 1.69. The molecule has 0 spiro atoms. The van der Waals surface area contributed by atoms with Gasteiger partial charge in [-0.15, -0.1) is 23.7 Å². The number of hydrogen-bond acceptors (Lipinski definition) is 4. The van der Waals surface area contributed by atoms with Crippen LogP contribution in [0.4, 0.5) is 0 Å². The van der Waals surface area contributed by atoms with Gasteiger partial charge < -0.3 is 14.8 Å². The first kappa shape index (κ1) is 20.3. The van der Waals surface area contributed by atoms with Gasteiger partial charge in [-0.3, -0.25) is 0 Å². The minimum absolute atomic E-state index is 0. The average molecular weight is 390 g/mol. The van der Waals surface area contributed by atoms with E-state index < -0.39 is 0 Å². The molecule has 0 fully saturated rings. The molecule has 0 atom stereocenters. The fourth-order valence-electron chi connectivity index (χ4n) is 2.54. The van der Waals surface area contributed by atoms with Gasteiger partial charge in [-0.2, -0.15) is 0 Å². The van der Waals surface area contributed by atoms with E-state index in [1.807, 2.05) is 18.2 Å². The Morgan fingerprint density at radius 1 is 0.923 bits per heavy atom. The molecule has 26 heavy (non-hydrogen) atoms. The Morgan fingerprint density at radius 2 is 1.65 bits per heavy atom. The normalized spacial score (nSPS) is 10.2. The maximum Gasteiger partial charge on any atom is 0.161 e. The molecule has 0 aliphatic carbocycles. The second-order valence-electron chi connectivity index (χ2n) is 5.94. The molecule has 0 radical (unpaired) electrons. The summed E-state index contributed by atoms with van der Waals surface area (Å²) in [4.78, 5) is 1.20. The summed E-state index contributed by atoms with van der Waals surface area (Å²) < 4.78 is 11.4. The van der Waals surface area contributed by atoms with Crippen LogP contribution in [0.5, 0.6) is 11.5 Å². The smallest absolute Gasteiger partial charge is 0.161 e. The number of nitrogens with one attached hydrogen (secondary N) is 1. The van der Waals surface area contributed by atoms with Gasteiger partial charge in [0.1, 0.15) is 6.61 Å². The Hall–Kier alpha value is -2.01. The molecule has 3 rings (SSSR count). The maximum atomic E-state index is 5.88. The van der Waals surface area contributed by atoms with Gasteiger partial charge >= 0.3 is 0 Å². The highest BCUT2D eigenvalue weighted by Crippen LogP contribution is 2.29. The summed E-state index contributed by atoms with van der Waals surface area (Å²) in [6, 6.07) is 18.8. The third kappa shape index (κ3) is 5.77. The molecule has 0 bridgehead atoms. The van der Waals surface area contributed by atoms with Crippen LogP contribution >= 0.6 is 23.7 Å². The minimum Gasteiger partial charge on any atom is -0.493 e. The van der Waals surface area contributed by atoms with Gasteiger partial charge in [0.05, 0.1) is 7.11 Å². The summed E-state index contributed by atoms with van der Waals surface area (Å²) in [5.41, 5.74) is 3.74. The Balaban J connectivity index is 0.00000243. The maximum absolute atomic E-state index is 5.88. The Morgan fingerprint density at radius 3 is 2.35 bits per heavy atom. The van der Waals surface area contributed by atoms with Crippen molar-refractivity contribution in [3.63, 3.8) is 0 Å². The predicted octanol–water partition coefficient (Wildman–Crippen LogP) is 5.36. The van der Waals surface area contributed by atoms with Crippen molar-refractivity contribution in [2.75, 3.05) is 7.11 Å². The molecule has 0 saturated heterocycles. The van der Waals surface area contributed by atoms with E-state index in [2.05, 4.69) is 54.0 Å². The van der Waals surface area contributed by atoms with Crippen LogP contribution in [0.15, 0.2) is 60.0 Å². The van der Waals surface area contributed by atoms with Gasteiger partial charge in [0.25, 0.3) is 0 Å². The monoisotopic (exact) mass is 389 g/mol. The number of thiophene rings is 1. The van der Waals surface area contributed by atoms with Crippen LogP contribution in [-0.4, -0.2) is 7.11 Å². The SMILES string of the molecule is COc1cc(CNCc2ccc(C)cc2)ccc1OCc1cccs1.Cl. The molecular weight excluding hydrogens is 366 g/mol. The van der Waals surface area contributed by atoms with Crippen molar-refractivity contribution in [1.29, 1.82) is 0 Å². The zero-order chi connectivity index (χ0) is 17.5. The van der Waals surface area contributed by atoms with Crippen molar-refractivity contribution in [3.8, 4) is 11.5 Å². The van der Waals surface area contributed by atoms with E-state index in [1.165, 1.54) is 21.6 Å². The number of halogens is 1. The largest absolute Gasteiger partial charge is 0.493 e. The number of methoxy groups -OCH3 is 1. The predicted molar refractivity (Wildman–Crippen MR) is 111 cm³/mol. The highest BCUT2D eigenvalue weighted by atomic mass is 35.5. The highest BCUT2D eigenvalue weighted by Gasteiger charge is 2.07. The molecule has 1 aromatic heterocycles. The van der Waals surface area contributed by atoms with Crippen molar-refractivity contribution in [1.82, 2.24) is 5.32 Å². The fourth-order valence-corrected chi connectivity index (χ4v) is 3.16. The van der Waals surface area contributed by atoms with Crippen LogP contribution < -0.4 is 14.8 Å². The van der Waals surface area contributed by atoms with Gasteiger partial charge in [0.2, 0.25) is 0 Å². The Bertz CT molecular complexity index is 788. The first-order valence-corrected chi connectivity index (χ1v) is 9.21. The van der Waals surface area contributed by atoms with Gasteiger partial charge in [-0.05, 0) is 41.6 Å². The molecule has 0 saturated carbocycles. The zero-order valence-electron chi connectivity index (χ0n) is 15.0. The van der Waals surface area contributed by atoms with E-state index in [9.17, 15) is 0 Å². The first-order valence-electron chi connectivity index (χ1n) is 8.33. The molecule has 3 nitrogen and oxygen atoms in total. The highest BCUT2D eigenvalue weighted by molar-refractivity contribution is 7.09. The Labute approximate surface area is 165 Å². The zero-order valence-corrected chi connectivity index (χ0v) is 16.7. The van der Waals surface area contributed by atoms with Crippen molar-refractivity contribution in [2.45, 2.75) is 26.6 Å². The van der Waals surface area contributed by atoms with Gasteiger partial charge in [-0.25, -0.2) is 0 Å². The summed E-state index contributed by atoms with van der Waals surface area (Å²) in [5, 5.41) is 5.52. The lowest BCUT2D eigenvalue weighted by atomic mass is 10.1. The standard InChI is InChI=1S/C21H23NO2S.ClH/c1-16-5-7-17(8-6-16)13-22-14-18-9-10-20(21(12-18)23-2)24-15-19-4-3-11-25-19;/h3-12,22H,13-15H2,1-2H3;1H. The third-order valence-electron chi connectivity index (χ3n) is 3.96. The van der Waals surface area contributed by atoms with Crippen LogP contribution in [0.1, 0.15) is 21.6 Å². The van der Waals surface area contributed by atoms with Gasteiger partial charge in [0.15, 0.2) is 11.5 Å². The molecule has 0 amide bonds. The van der Waals surface area contributed by atoms with Gasteiger partial charge in [-0.1, -0.05) is 42.0 Å². The van der Waals surface area contributed by atoms with Crippen molar-refractivity contribution < 1.29 is 9.47 Å². The molecule has 1 N–H and O–H groups in total. The van der Waals surface area contributed by atoms with Crippen molar-refractivity contribution in [2.24, 2.45) is 0 Å². The number of hydrogen-bond donors (Lipinski definition) is 1. The molecule has 0 unspecified atom stereocenters. The number of ether oxygens (including phenoxy) is 2. The van der Waals surface area contributed by atoms with Crippen LogP contribution in [0.3, 0.4) is 0 Å². The van der Waals surface area contributed by atoms with Crippen LogP contribution in [0, 0.1) is 6.92 Å². The number of benzene rings is 2. The second-order valence-corrected chi connectivity index (χ2v) is 6.97. The second kappa shape index (κ2) is 10.2. The molecule has 1 heterocycles. The number of aryl methyl sites for hydroxylation is 1. The quantitative estimate of drug-likeness (QED) is 0.562. The van der Waals surface area contributed by atoms with Crippen LogP contribution in [0.25, 0.3) is 0 Å². The third-order valence-corrected chi connectivity index (χ3v) is 4.81. The number of rotatable bonds is 8. The molecule has 3 aromatic rings. The fraction of sp³-hybridized carbons (Fsp3) is 0.238. The lowest BCUT2D eigenvalue weighted by Crippen LogP contribution is -2.12. The first-order chi connectivity index (χ1) is 12.2. The van der Waals surface area contributed by atoms with Gasteiger partial charge in [0, 0.05) is 18.0 Å². The lowest BCUT2D eigenvalue weighted by Gasteiger charge is -2.12. The van der Waals surface area contributed by atoms with E-state index in [4.69, 9.17) is 9.47 Å². The van der Waals surface area contributed by atoms with E-state index >= 15 is 0 Å². The summed E-state index contributed by atoms with van der Waals surface area (Å²) in [6.07, 6.45) is 0. The van der Waals surface area contributed by atoms with E-state index in [0.717, 1.165) is 24.6 Å². The van der Waals surface area contributed by atoms with Crippen LogP contribution in [0.2, 0.25) is 0 Å². The molecule has 0 aliphatic heterocycles. The Kier molecular flexibility index (Phi) is 7.98. The van der Waals surface area contributed by atoms with Crippen molar-refractivity contribution >= 4 is 23.7 Å². The lowest BCUT2D eigenvalue weighted by molar-refractivity contribution is 0.287. The molecule has 138 valence electrons. The molecular formula is C21H24ClNO2S. The van der Waals surface area contributed by atoms with Crippen LogP contribution in [-0.2, 0) is 19.7 Å². The summed E-state index contributed by atoms with van der Waals surface area (Å²) in [6.45, 7) is 4.30. The van der Waals surface area contributed by atoms with Crippen molar-refractivity contribution in [3.05, 3.63) is 81.5 Å². The topological polar surface area (TPSA) is 30.5 Å². The van der Waals surface area contributed by atoms with E-state index in [-0.39, 0.29) is 12.4 Å². The molecule has 2 aromatic carbocycles. The minimum atomic E-state index is 0. The van der Waals surface area contributed by atoms with E-state index in [0.29, 0.717) is 6.61 Å². The summed E-state index contributed by atoms with van der Waals surface area (Å²) in [5.74, 6) is 1.55. The van der Waals surface area contributed by atoms with E-state index in [1.54, 1.807) is 18.4 Å². The summed E-state index contributed by atoms with van der Waals surface area (Å²) in [7, 11) is 1.68.